The minimum absolute atomic E-state index is 0.00116. The van der Waals surface area contributed by atoms with E-state index in [0.717, 1.165) is 12.8 Å². The number of hydrogen-bond acceptors (Lipinski definition) is 3. The summed E-state index contributed by atoms with van der Waals surface area (Å²) in [5, 5.41) is 0. The Bertz CT molecular complexity index is 129. The van der Waals surface area contributed by atoms with E-state index in [2.05, 4.69) is 10.9 Å². The van der Waals surface area contributed by atoms with Crippen molar-refractivity contribution in [3.63, 3.8) is 0 Å². The molecule has 0 aromatic rings. The van der Waals surface area contributed by atoms with E-state index in [1.165, 1.54) is 0 Å². The molecule has 0 amide bonds. The van der Waals surface area contributed by atoms with Gasteiger partial charge in [-0.2, -0.15) is 0 Å². The molecule has 3 nitrogen and oxygen atoms in total. The molecule has 0 aromatic carbocycles. The molecule has 0 spiro atoms. The second-order valence-electron chi connectivity index (χ2n) is 2.35. The van der Waals surface area contributed by atoms with Gasteiger partial charge in [-0.1, -0.05) is 0 Å². The highest BCUT2D eigenvalue weighted by Crippen LogP contribution is 2.01. The summed E-state index contributed by atoms with van der Waals surface area (Å²) in [6.45, 7) is 0.451. The third-order valence-corrected chi connectivity index (χ3v) is 1.82. The number of carbonyl (C=O) groups is 1. The lowest BCUT2D eigenvalue weighted by Crippen LogP contribution is -2.31. The van der Waals surface area contributed by atoms with Crippen molar-refractivity contribution in [2.24, 2.45) is 0 Å². The molecule has 1 aliphatic rings. The summed E-state index contributed by atoms with van der Waals surface area (Å²) in [7, 11) is 0. The fourth-order valence-electron chi connectivity index (χ4n) is 0.979. The Balaban J connectivity index is 2.20. The molecule has 1 saturated heterocycles. The first-order valence-electron chi connectivity index (χ1n) is 3.41. The molecule has 58 valence electrons. The van der Waals surface area contributed by atoms with Crippen molar-refractivity contribution in [2.45, 2.75) is 18.9 Å². The molecule has 1 atom stereocenters. The van der Waals surface area contributed by atoms with Gasteiger partial charge < -0.3 is 0 Å². The zero-order valence-corrected chi connectivity index (χ0v) is 6.45. The van der Waals surface area contributed by atoms with E-state index in [1.807, 2.05) is 0 Å². The largest absolute Gasteiger partial charge is 0.296 e. The van der Waals surface area contributed by atoms with Crippen LogP contribution in [-0.2, 0) is 4.79 Å². The average molecular weight is 163 g/mol. The quantitative estimate of drug-likeness (QED) is 0.577. The number of hydrogen-bond donors (Lipinski definition) is 2. The smallest absolute Gasteiger partial charge is 0.166 e. The van der Waals surface area contributed by atoms with Gasteiger partial charge in [0.2, 0.25) is 0 Å². The van der Waals surface area contributed by atoms with Crippen LogP contribution >= 0.6 is 11.6 Å². The van der Waals surface area contributed by atoms with Gasteiger partial charge in [-0.3, -0.25) is 4.79 Å². The van der Waals surface area contributed by atoms with Crippen LogP contribution in [-0.4, -0.2) is 24.2 Å². The van der Waals surface area contributed by atoms with Gasteiger partial charge in [0.25, 0.3) is 0 Å². The predicted molar refractivity (Wildman–Crippen MR) is 39.9 cm³/mol. The van der Waals surface area contributed by atoms with Crippen molar-refractivity contribution < 1.29 is 4.79 Å². The SMILES string of the molecule is O=C1CNNC1CCCCl. The van der Waals surface area contributed by atoms with E-state index in [9.17, 15) is 4.79 Å². The summed E-state index contributed by atoms with van der Waals surface area (Å²) in [4.78, 5) is 10.9. The maximum Gasteiger partial charge on any atom is 0.166 e. The molecule has 2 N–H and O–H groups in total. The van der Waals surface area contributed by atoms with Crippen molar-refractivity contribution in [1.29, 1.82) is 0 Å². The molecule has 1 fully saturated rings. The Morgan fingerprint density at radius 1 is 1.70 bits per heavy atom. The van der Waals surface area contributed by atoms with Crippen molar-refractivity contribution in [3.05, 3.63) is 0 Å². The van der Waals surface area contributed by atoms with E-state index < -0.39 is 0 Å². The minimum atomic E-state index is -0.00116. The normalized spacial score (nSPS) is 25.7. The second kappa shape index (κ2) is 3.91. The maximum absolute atomic E-state index is 10.9. The molecule has 10 heavy (non-hydrogen) atoms. The first-order chi connectivity index (χ1) is 4.84. The third kappa shape index (κ3) is 1.94. The van der Waals surface area contributed by atoms with Crippen LogP contribution in [0.3, 0.4) is 0 Å². The summed E-state index contributed by atoms with van der Waals surface area (Å²) in [6.07, 6.45) is 1.74. The van der Waals surface area contributed by atoms with Gasteiger partial charge in [0.1, 0.15) is 0 Å². The number of carbonyl (C=O) groups excluding carboxylic acids is 1. The molecule has 1 aliphatic heterocycles. The van der Waals surface area contributed by atoms with Gasteiger partial charge in [-0.15, -0.1) is 11.6 Å². The third-order valence-electron chi connectivity index (χ3n) is 1.55. The standard InChI is InChI=1S/C6H11ClN2O/c7-3-1-2-5-6(10)4-8-9-5/h5,8-9H,1-4H2. The number of hydrazine groups is 1. The summed E-state index contributed by atoms with van der Waals surface area (Å²) < 4.78 is 0. The molecule has 0 saturated carbocycles. The average Bonchev–Trinajstić information content (AvgIpc) is 2.31. The minimum Gasteiger partial charge on any atom is -0.296 e. The maximum atomic E-state index is 10.9. The molecular formula is C6H11ClN2O. The Hall–Kier alpha value is -0.120. The number of nitrogens with one attached hydrogen (secondary N) is 2. The van der Waals surface area contributed by atoms with Gasteiger partial charge in [0.05, 0.1) is 12.6 Å². The van der Waals surface area contributed by atoms with Crippen LogP contribution in [0.5, 0.6) is 0 Å². The summed E-state index contributed by atoms with van der Waals surface area (Å²) >= 11 is 5.47. The van der Waals surface area contributed by atoms with Crippen molar-refractivity contribution in [2.75, 3.05) is 12.4 Å². The van der Waals surface area contributed by atoms with Crippen molar-refractivity contribution in [3.8, 4) is 0 Å². The van der Waals surface area contributed by atoms with Crippen LogP contribution in [0.2, 0.25) is 0 Å². The lowest BCUT2D eigenvalue weighted by Gasteiger charge is -2.04. The highest BCUT2D eigenvalue weighted by molar-refractivity contribution is 6.17. The Labute approximate surface area is 65.1 Å². The van der Waals surface area contributed by atoms with E-state index >= 15 is 0 Å². The molecule has 1 unspecified atom stereocenters. The van der Waals surface area contributed by atoms with Crippen LogP contribution < -0.4 is 10.9 Å². The summed E-state index contributed by atoms with van der Waals surface area (Å²) in [5.41, 5.74) is 5.67. The van der Waals surface area contributed by atoms with Crippen molar-refractivity contribution >= 4 is 17.4 Å². The Morgan fingerprint density at radius 3 is 3.00 bits per heavy atom. The number of ketones is 1. The number of Topliss-reactive ketones (excluding diaryl/α,β-unsaturated/α-hetero) is 1. The van der Waals surface area contributed by atoms with Crippen LogP contribution in [0.1, 0.15) is 12.8 Å². The zero-order chi connectivity index (χ0) is 7.40. The van der Waals surface area contributed by atoms with Crippen LogP contribution in [0.25, 0.3) is 0 Å². The molecule has 0 radical (unpaired) electrons. The highest BCUT2D eigenvalue weighted by atomic mass is 35.5. The topological polar surface area (TPSA) is 41.1 Å². The zero-order valence-electron chi connectivity index (χ0n) is 5.69. The molecular weight excluding hydrogens is 152 g/mol. The lowest BCUT2D eigenvalue weighted by molar-refractivity contribution is -0.117. The number of halogens is 1. The molecule has 1 rings (SSSR count). The number of alkyl halides is 1. The summed E-state index contributed by atoms with van der Waals surface area (Å²) in [6, 6.07) is -0.00116. The summed E-state index contributed by atoms with van der Waals surface area (Å²) in [5.74, 6) is 0.871. The van der Waals surface area contributed by atoms with E-state index in [-0.39, 0.29) is 11.8 Å². The fourth-order valence-corrected chi connectivity index (χ4v) is 1.13. The molecule has 0 aromatic heterocycles. The van der Waals surface area contributed by atoms with E-state index in [0.29, 0.717) is 12.4 Å². The fraction of sp³-hybridized carbons (Fsp3) is 0.833. The predicted octanol–water partition coefficient (Wildman–Crippen LogP) is 0.0509. The van der Waals surface area contributed by atoms with E-state index in [1.54, 1.807) is 0 Å². The Kier molecular flexibility index (Phi) is 3.12. The molecule has 1 heterocycles. The van der Waals surface area contributed by atoms with Gasteiger partial charge in [0.15, 0.2) is 5.78 Å². The highest BCUT2D eigenvalue weighted by Gasteiger charge is 2.22. The molecule has 0 aliphatic carbocycles. The first kappa shape index (κ1) is 7.98. The molecule has 4 heteroatoms. The van der Waals surface area contributed by atoms with E-state index in [4.69, 9.17) is 11.6 Å². The van der Waals surface area contributed by atoms with Gasteiger partial charge in [-0.25, -0.2) is 10.9 Å². The number of rotatable bonds is 3. The van der Waals surface area contributed by atoms with Gasteiger partial charge in [-0.05, 0) is 12.8 Å². The first-order valence-corrected chi connectivity index (χ1v) is 3.95. The van der Waals surface area contributed by atoms with Crippen LogP contribution in [0.15, 0.2) is 0 Å². The Morgan fingerprint density at radius 2 is 2.50 bits per heavy atom. The lowest BCUT2D eigenvalue weighted by atomic mass is 10.1. The van der Waals surface area contributed by atoms with Gasteiger partial charge in [0, 0.05) is 5.88 Å². The van der Waals surface area contributed by atoms with Crippen LogP contribution in [0.4, 0.5) is 0 Å². The van der Waals surface area contributed by atoms with Gasteiger partial charge >= 0.3 is 0 Å². The van der Waals surface area contributed by atoms with Crippen molar-refractivity contribution in [1.82, 2.24) is 10.9 Å². The molecule has 0 bridgehead atoms. The second-order valence-corrected chi connectivity index (χ2v) is 2.73. The van der Waals surface area contributed by atoms with Crippen LogP contribution in [0, 0.1) is 0 Å². The monoisotopic (exact) mass is 162 g/mol.